The number of hydrogen-bond acceptors (Lipinski definition) is 4. The molecule has 3 atom stereocenters. The number of halogens is 3. The van der Waals surface area contributed by atoms with E-state index in [1.807, 2.05) is 31.3 Å². The average molecular weight is 489 g/mol. The fraction of sp³-hybridized carbons (Fsp3) is 0.444. The summed E-state index contributed by atoms with van der Waals surface area (Å²) in [5.74, 6) is 0.347. The second-order valence-corrected chi connectivity index (χ2v) is 9.74. The van der Waals surface area contributed by atoms with Gasteiger partial charge in [0.05, 0.1) is 18.3 Å². The minimum Gasteiger partial charge on any atom is -0.497 e. The number of carbonyl (C=O) groups is 1. The SMILES string of the molecule is COc1cccc(C23CCN(C)CC2(O)CCC(NC(=O)C=Cc2cccc(C(F)(F)F)c2)C3)c1. The molecule has 2 aromatic carbocycles. The molecule has 1 saturated carbocycles. The predicted molar refractivity (Wildman–Crippen MR) is 128 cm³/mol. The Kier molecular flexibility index (Phi) is 6.97. The fourth-order valence-electron chi connectivity index (χ4n) is 5.65. The van der Waals surface area contributed by atoms with E-state index < -0.39 is 22.8 Å². The lowest BCUT2D eigenvalue weighted by atomic mass is 9.55. The maximum atomic E-state index is 13.0. The van der Waals surface area contributed by atoms with Crippen LogP contribution in [0.3, 0.4) is 0 Å². The van der Waals surface area contributed by atoms with Crippen LogP contribution in [0.2, 0.25) is 0 Å². The number of likely N-dealkylation sites (N-methyl/N-ethyl adjacent to an activating group) is 1. The number of rotatable bonds is 5. The van der Waals surface area contributed by atoms with Crippen LogP contribution in [0.1, 0.15) is 42.4 Å². The number of methoxy groups -OCH3 is 1. The molecule has 0 aromatic heterocycles. The third-order valence-corrected chi connectivity index (χ3v) is 7.45. The molecule has 2 aromatic rings. The highest BCUT2D eigenvalue weighted by Crippen LogP contribution is 2.51. The monoisotopic (exact) mass is 488 g/mol. The third-order valence-electron chi connectivity index (χ3n) is 7.45. The summed E-state index contributed by atoms with van der Waals surface area (Å²) >= 11 is 0. The van der Waals surface area contributed by atoms with Gasteiger partial charge in [-0.25, -0.2) is 0 Å². The van der Waals surface area contributed by atoms with Crippen LogP contribution in [0.5, 0.6) is 5.75 Å². The highest BCUT2D eigenvalue weighted by atomic mass is 19.4. The summed E-state index contributed by atoms with van der Waals surface area (Å²) in [5, 5.41) is 14.8. The van der Waals surface area contributed by atoms with Crippen molar-refractivity contribution in [3.63, 3.8) is 0 Å². The number of benzene rings is 2. The van der Waals surface area contributed by atoms with Gasteiger partial charge in [-0.15, -0.1) is 0 Å². The van der Waals surface area contributed by atoms with Gasteiger partial charge < -0.3 is 20.1 Å². The van der Waals surface area contributed by atoms with Crippen molar-refractivity contribution in [2.45, 2.75) is 48.9 Å². The number of likely N-dealkylation sites (tertiary alicyclic amines) is 1. The minimum atomic E-state index is -4.44. The molecule has 2 aliphatic rings. The molecular weight excluding hydrogens is 457 g/mol. The van der Waals surface area contributed by atoms with Gasteiger partial charge in [0.15, 0.2) is 0 Å². The van der Waals surface area contributed by atoms with Gasteiger partial charge >= 0.3 is 6.18 Å². The number of β-amino-alcohol motifs (C(OH)–C–C–N with tert-alkyl or cyclic N) is 1. The molecule has 1 aliphatic carbocycles. The summed E-state index contributed by atoms with van der Waals surface area (Å²) in [4.78, 5) is 14.8. The van der Waals surface area contributed by atoms with Crippen LogP contribution in [-0.4, -0.2) is 54.8 Å². The van der Waals surface area contributed by atoms with Gasteiger partial charge in [0.1, 0.15) is 5.75 Å². The van der Waals surface area contributed by atoms with Crippen molar-refractivity contribution in [1.82, 2.24) is 10.2 Å². The van der Waals surface area contributed by atoms with Crippen molar-refractivity contribution >= 4 is 12.0 Å². The molecule has 0 spiro atoms. The Morgan fingerprint density at radius 2 is 1.97 bits per heavy atom. The Balaban J connectivity index is 1.53. The second kappa shape index (κ2) is 9.66. The number of carbonyl (C=O) groups excluding carboxylic acids is 1. The first-order valence-corrected chi connectivity index (χ1v) is 11.8. The zero-order valence-corrected chi connectivity index (χ0v) is 19.9. The van der Waals surface area contributed by atoms with Gasteiger partial charge in [-0.05, 0) is 80.7 Å². The van der Waals surface area contributed by atoms with Crippen molar-refractivity contribution < 1.29 is 27.8 Å². The molecule has 0 radical (unpaired) electrons. The van der Waals surface area contributed by atoms with Crippen LogP contribution in [0.25, 0.3) is 6.08 Å². The summed E-state index contributed by atoms with van der Waals surface area (Å²) in [7, 11) is 3.61. The minimum absolute atomic E-state index is 0.177. The topological polar surface area (TPSA) is 61.8 Å². The molecule has 1 saturated heterocycles. The van der Waals surface area contributed by atoms with E-state index in [0.717, 1.165) is 30.7 Å². The van der Waals surface area contributed by atoms with Crippen LogP contribution >= 0.6 is 0 Å². The van der Waals surface area contributed by atoms with E-state index in [1.54, 1.807) is 7.11 Å². The number of piperidine rings is 1. The normalized spacial score (nSPS) is 27.4. The number of aliphatic hydroxyl groups is 1. The largest absolute Gasteiger partial charge is 0.497 e. The quantitative estimate of drug-likeness (QED) is 0.613. The lowest BCUT2D eigenvalue weighted by Crippen LogP contribution is -2.66. The summed E-state index contributed by atoms with van der Waals surface area (Å²) in [5.41, 5.74) is -0.951. The summed E-state index contributed by atoms with van der Waals surface area (Å²) in [6.45, 7) is 1.36. The smallest absolute Gasteiger partial charge is 0.416 e. The fourth-order valence-corrected chi connectivity index (χ4v) is 5.65. The molecule has 188 valence electrons. The first-order valence-electron chi connectivity index (χ1n) is 11.8. The molecule has 1 heterocycles. The van der Waals surface area contributed by atoms with Crippen molar-refractivity contribution in [2.24, 2.45) is 0 Å². The Morgan fingerprint density at radius 1 is 1.20 bits per heavy atom. The molecular formula is C27H31F3N2O3. The number of fused-ring (bicyclic) bond motifs is 1. The van der Waals surface area contributed by atoms with E-state index in [0.29, 0.717) is 37.1 Å². The predicted octanol–water partition coefficient (Wildman–Crippen LogP) is 4.40. The molecule has 5 nitrogen and oxygen atoms in total. The summed E-state index contributed by atoms with van der Waals surface area (Å²) in [6.07, 6.45) is 0.650. The Hall–Kier alpha value is -2.84. The third kappa shape index (κ3) is 5.23. The summed E-state index contributed by atoms with van der Waals surface area (Å²) < 4.78 is 44.3. The van der Waals surface area contributed by atoms with E-state index in [-0.39, 0.29) is 11.9 Å². The van der Waals surface area contributed by atoms with Crippen molar-refractivity contribution in [3.8, 4) is 5.75 Å². The van der Waals surface area contributed by atoms with E-state index in [1.165, 1.54) is 24.3 Å². The number of hydrogen-bond donors (Lipinski definition) is 2. The Morgan fingerprint density at radius 3 is 2.71 bits per heavy atom. The lowest BCUT2D eigenvalue weighted by Gasteiger charge is -2.57. The van der Waals surface area contributed by atoms with Crippen LogP contribution in [0, 0.1) is 0 Å². The second-order valence-electron chi connectivity index (χ2n) is 9.74. The molecule has 8 heteroatoms. The van der Waals surface area contributed by atoms with Gasteiger partial charge in [0.2, 0.25) is 5.91 Å². The van der Waals surface area contributed by atoms with Crippen molar-refractivity contribution in [3.05, 3.63) is 71.3 Å². The number of amides is 1. The first kappa shape index (κ1) is 25.3. The van der Waals surface area contributed by atoms with E-state index in [9.17, 15) is 23.1 Å². The molecule has 3 unspecified atom stereocenters. The van der Waals surface area contributed by atoms with E-state index in [2.05, 4.69) is 10.2 Å². The standard InChI is InChI=1S/C27H31F3N2O3/c1-32-14-13-25(20-6-4-8-23(16-20)35-2)17-22(11-12-26(25,34)18-32)31-24(33)10-9-19-5-3-7-21(15-19)27(28,29)30/h3-10,15-16,22,34H,11-14,17-18H2,1-2H3,(H,31,33). The Bertz CT molecular complexity index is 1100. The first-order chi connectivity index (χ1) is 16.5. The van der Waals surface area contributed by atoms with Crippen molar-refractivity contribution in [1.29, 1.82) is 0 Å². The molecule has 1 amide bonds. The van der Waals surface area contributed by atoms with E-state index >= 15 is 0 Å². The zero-order valence-electron chi connectivity index (χ0n) is 19.9. The molecule has 2 N–H and O–H groups in total. The highest BCUT2D eigenvalue weighted by Gasteiger charge is 2.57. The Labute approximate surface area is 203 Å². The van der Waals surface area contributed by atoms with Crippen LogP contribution < -0.4 is 10.1 Å². The van der Waals surface area contributed by atoms with E-state index in [4.69, 9.17) is 4.74 Å². The van der Waals surface area contributed by atoms with Gasteiger partial charge in [-0.2, -0.15) is 13.2 Å². The molecule has 0 bridgehead atoms. The van der Waals surface area contributed by atoms with Gasteiger partial charge in [0, 0.05) is 24.1 Å². The summed E-state index contributed by atoms with van der Waals surface area (Å²) in [6, 6.07) is 12.4. The number of alkyl halides is 3. The number of nitrogens with zero attached hydrogens (tertiary/aromatic N) is 1. The number of ether oxygens (including phenoxy) is 1. The molecule has 2 fully saturated rings. The van der Waals surface area contributed by atoms with Gasteiger partial charge in [-0.3, -0.25) is 4.79 Å². The average Bonchev–Trinajstić information content (AvgIpc) is 2.82. The lowest BCUT2D eigenvalue weighted by molar-refractivity contribution is -0.137. The zero-order chi connectivity index (χ0) is 25.3. The molecule has 1 aliphatic heterocycles. The van der Waals surface area contributed by atoms with Crippen molar-refractivity contribution in [2.75, 3.05) is 27.2 Å². The molecule has 35 heavy (non-hydrogen) atoms. The maximum absolute atomic E-state index is 13.0. The molecule has 4 rings (SSSR count). The van der Waals surface area contributed by atoms with Gasteiger partial charge in [-0.1, -0.05) is 24.3 Å². The maximum Gasteiger partial charge on any atom is 0.416 e. The highest BCUT2D eigenvalue weighted by molar-refractivity contribution is 5.92. The van der Waals surface area contributed by atoms with Gasteiger partial charge in [0.25, 0.3) is 0 Å². The van der Waals surface area contributed by atoms with Crippen LogP contribution in [-0.2, 0) is 16.4 Å². The van der Waals surface area contributed by atoms with Crippen LogP contribution in [0.4, 0.5) is 13.2 Å². The number of nitrogens with one attached hydrogen (secondary N) is 1. The van der Waals surface area contributed by atoms with Crippen LogP contribution in [0.15, 0.2) is 54.6 Å².